The van der Waals surface area contributed by atoms with E-state index >= 15 is 0 Å². The summed E-state index contributed by atoms with van der Waals surface area (Å²) in [6.07, 6.45) is 2.11. The highest BCUT2D eigenvalue weighted by Gasteiger charge is 2.14. The van der Waals surface area contributed by atoms with Crippen LogP contribution in [0.25, 0.3) is 11.6 Å². The van der Waals surface area contributed by atoms with Crippen molar-refractivity contribution in [3.63, 3.8) is 0 Å². The van der Waals surface area contributed by atoms with Gasteiger partial charge < -0.3 is 10.5 Å². The van der Waals surface area contributed by atoms with Gasteiger partial charge in [-0.25, -0.2) is 0 Å². The molecule has 0 fully saturated rings. The molecule has 62 valence electrons. The van der Waals surface area contributed by atoms with Gasteiger partial charge in [0.25, 0.3) is 0 Å². The van der Waals surface area contributed by atoms with Crippen molar-refractivity contribution in [2.75, 3.05) is 13.7 Å². The van der Waals surface area contributed by atoms with Crippen LogP contribution in [0, 0.1) is 0 Å². The Kier molecular flexibility index (Phi) is 1.62. The van der Waals surface area contributed by atoms with Crippen LogP contribution in [0.5, 0.6) is 5.75 Å². The second-order valence-corrected chi connectivity index (χ2v) is 2.83. The zero-order chi connectivity index (χ0) is 8.55. The van der Waals surface area contributed by atoms with Gasteiger partial charge in [-0.3, -0.25) is 0 Å². The molecule has 0 radical (unpaired) electrons. The van der Waals surface area contributed by atoms with Gasteiger partial charge in [0, 0.05) is 6.54 Å². The number of ether oxygens (including phenoxy) is 1. The van der Waals surface area contributed by atoms with Crippen molar-refractivity contribution in [2.24, 2.45) is 5.73 Å². The lowest BCUT2D eigenvalue weighted by molar-refractivity contribution is 0.414. The van der Waals surface area contributed by atoms with Crippen LogP contribution in [0.15, 0.2) is 18.2 Å². The maximum Gasteiger partial charge on any atom is 0.119 e. The zero-order valence-corrected chi connectivity index (χ0v) is 7.00. The number of methoxy groups -OCH3 is 1. The summed E-state index contributed by atoms with van der Waals surface area (Å²) in [6.45, 7) is 0.611. The summed E-state index contributed by atoms with van der Waals surface area (Å²) in [5.41, 5.74) is 9.24. The molecule has 2 heteroatoms. The molecule has 1 aromatic rings. The number of hydrogen-bond donors (Lipinski definition) is 1. The molecule has 0 atom stereocenters. The van der Waals surface area contributed by atoms with E-state index in [2.05, 4.69) is 6.08 Å². The Balaban J connectivity index is 2.37. The summed E-state index contributed by atoms with van der Waals surface area (Å²) < 4.78 is 5.11. The average molecular weight is 161 g/mol. The second kappa shape index (κ2) is 2.64. The fraction of sp³-hybridized carbons (Fsp3) is 0.200. The van der Waals surface area contributed by atoms with Crippen molar-refractivity contribution in [1.29, 1.82) is 0 Å². The van der Waals surface area contributed by atoms with Crippen LogP contribution in [0.4, 0.5) is 0 Å². The van der Waals surface area contributed by atoms with E-state index in [-0.39, 0.29) is 0 Å². The van der Waals surface area contributed by atoms with E-state index < -0.39 is 0 Å². The molecule has 1 aliphatic carbocycles. The van der Waals surface area contributed by atoms with Gasteiger partial charge in [0.1, 0.15) is 5.75 Å². The lowest BCUT2D eigenvalue weighted by atomic mass is 9.88. The van der Waals surface area contributed by atoms with Crippen LogP contribution in [-0.2, 0) is 0 Å². The first-order valence-electron chi connectivity index (χ1n) is 3.94. The van der Waals surface area contributed by atoms with E-state index in [0.717, 1.165) is 5.75 Å². The summed E-state index contributed by atoms with van der Waals surface area (Å²) >= 11 is 0. The Morgan fingerprint density at radius 2 is 2.25 bits per heavy atom. The van der Waals surface area contributed by atoms with Gasteiger partial charge in [0.05, 0.1) is 7.11 Å². The minimum Gasteiger partial charge on any atom is -0.497 e. The lowest BCUT2D eigenvalue weighted by Gasteiger charge is -2.19. The Morgan fingerprint density at radius 3 is 2.92 bits per heavy atom. The fourth-order valence-corrected chi connectivity index (χ4v) is 1.42. The predicted octanol–water partition coefficient (Wildman–Crippen LogP) is 1.51. The third kappa shape index (κ3) is 0.924. The van der Waals surface area contributed by atoms with Crippen LogP contribution < -0.4 is 10.5 Å². The summed E-state index contributed by atoms with van der Waals surface area (Å²) in [5, 5.41) is 0. The third-order valence-corrected chi connectivity index (χ3v) is 2.16. The van der Waals surface area contributed by atoms with Crippen molar-refractivity contribution in [3.05, 3.63) is 29.3 Å². The summed E-state index contributed by atoms with van der Waals surface area (Å²) in [7, 11) is 1.67. The average Bonchev–Trinajstić information content (AvgIpc) is 2.08. The highest BCUT2D eigenvalue weighted by Crippen LogP contribution is 2.33. The molecule has 0 spiro atoms. The van der Waals surface area contributed by atoms with Gasteiger partial charge in [-0.15, -0.1) is 0 Å². The topological polar surface area (TPSA) is 35.2 Å². The van der Waals surface area contributed by atoms with Crippen molar-refractivity contribution >= 4 is 11.6 Å². The Hall–Kier alpha value is -1.28. The molecule has 0 saturated carbocycles. The van der Waals surface area contributed by atoms with Crippen LogP contribution >= 0.6 is 0 Å². The number of hydrogen-bond acceptors (Lipinski definition) is 2. The standard InChI is InChI=1S/C10H11NO/c1-12-9-3-2-7-4-8(6-11)10(7)5-9/h2-5H,6,11H2,1H3. The maximum atomic E-state index is 5.53. The molecule has 0 saturated heterocycles. The monoisotopic (exact) mass is 161 g/mol. The molecule has 1 aromatic carbocycles. The largest absolute Gasteiger partial charge is 0.497 e. The summed E-state index contributed by atoms with van der Waals surface area (Å²) in [6, 6.07) is 6.04. The summed E-state index contributed by atoms with van der Waals surface area (Å²) in [5.74, 6) is 0.896. The molecule has 0 amide bonds. The SMILES string of the molecule is COc1ccc2c(c1)C(CN)=C2. The van der Waals surface area contributed by atoms with Crippen LogP contribution in [0.1, 0.15) is 11.1 Å². The number of rotatable bonds is 2. The minimum absolute atomic E-state index is 0.611. The molecular weight excluding hydrogens is 150 g/mol. The fourth-order valence-electron chi connectivity index (χ4n) is 1.42. The molecule has 0 unspecified atom stereocenters. The summed E-state index contributed by atoms with van der Waals surface area (Å²) in [4.78, 5) is 0. The second-order valence-electron chi connectivity index (χ2n) is 2.83. The van der Waals surface area contributed by atoms with E-state index in [1.165, 1.54) is 16.7 Å². The minimum atomic E-state index is 0.611. The zero-order valence-electron chi connectivity index (χ0n) is 7.00. The molecule has 0 aliphatic heterocycles. The molecule has 0 aromatic heterocycles. The molecule has 0 bridgehead atoms. The highest BCUT2D eigenvalue weighted by molar-refractivity contribution is 5.96. The van der Waals surface area contributed by atoms with Gasteiger partial charge in [-0.1, -0.05) is 6.07 Å². The number of fused-ring (bicyclic) bond motifs is 1. The van der Waals surface area contributed by atoms with Gasteiger partial charge in [-0.05, 0) is 34.9 Å². The van der Waals surface area contributed by atoms with E-state index in [9.17, 15) is 0 Å². The van der Waals surface area contributed by atoms with Gasteiger partial charge in [0.15, 0.2) is 0 Å². The first kappa shape index (κ1) is 7.37. The van der Waals surface area contributed by atoms with Crippen LogP contribution in [0.3, 0.4) is 0 Å². The maximum absolute atomic E-state index is 5.53. The van der Waals surface area contributed by atoms with Gasteiger partial charge in [-0.2, -0.15) is 0 Å². The lowest BCUT2D eigenvalue weighted by Crippen LogP contribution is -2.09. The van der Waals surface area contributed by atoms with E-state index in [0.29, 0.717) is 6.54 Å². The van der Waals surface area contributed by atoms with E-state index in [1.54, 1.807) is 7.11 Å². The first-order valence-corrected chi connectivity index (χ1v) is 3.94. The molecule has 12 heavy (non-hydrogen) atoms. The molecular formula is C10H11NO. The van der Waals surface area contributed by atoms with E-state index in [4.69, 9.17) is 10.5 Å². The normalized spacial score (nSPS) is 13.0. The molecule has 2 N–H and O–H groups in total. The van der Waals surface area contributed by atoms with Gasteiger partial charge >= 0.3 is 0 Å². The third-order valence-electron chi connectivity index (χ3n) is 2.16. The van der Waals surface area contributed by atoms with Gasteiger partial charge in [0.2, 0.25) is 0 Å². The van der Waals surface area contributed by atoms with Crippen molar-refractivity contribution < 1.29 is 4.74 Å². The molecule has 2 nitrogen and oxygen atoms in total. The molecule has 2 rings (SSSR count). The van der Waals surface area contributed by atoms with Crippen molar-refractivity contribution in [3.8, 4) is 5.75 Å². The van der Waals surface area contributed by atoms with Crippen molar-refractivity contribution in [1.82, 2.24) is 0 Å². The van der Waals surface area contributed by atoms with Crippen LogP contribution in [-0.4, -0.2) is 13.7 Å². The first-order chi connectivity index (χ1) is 5.85. The predicted molar refractivity (Wildman–Crippen MR) is 49.9 cm³/mol. The van der Waals surface area contributed by atoms with Crippen molar-refractivity contribution in [2.45, 2.75) is 0 Å². The Morgan fingerprint density at radius 1 is 1.42 bits per heavy atom. The molecule has 1 aliphatic rings. The smallest absolute Gasteiger partial charge is 0.119 e. The highest BCUT2D eigenvalue weighted by atomic mass is 16.5. The van der Waals surface area contributed by atoms with E-state index in [1.807, 2.05) is 18.2 Å². The molecule has 0 heterocycles. The number of nitrogens with two attached hydrogens (primary N) is 1. The quantitative estimate of drug-likeness (QED) is 0.713. The van der Waals surface area contributed by atoms with Crippen LogP contribution in [0.2, 0.25) is 0 Å². The Labute approximate surface area is 71.6 Å². The number of benzene rings is 1. The Bertz CT molecular complexity index is 342.